The maximum absolute atomic E-state index is 9.76. The molecule has 1 unspecified atom stereocenters. The fraction of sp³-hybridized carbons (Fsp3) is 0.600. The monoisotopic (exact) mass is 181 g/mol. The van der Waals surface area contributed by atoms with Crippen molar-refractivity contribution in [1.29, 1.82) is 0 Å². The van der Waals surface area contributed by atoms with Gasteiger partial charge in [-0.2, -0.15) is 0 Å². The van der Waals surface area contributed by atoms with Gasteiger partial charge in [0, 0.05) is 0 Å². The Morgan fingerprint density at radius 1 is 1.33 bits per heavy atom. The Labute approximate surface area is 76.0 Å². The fourth-order valence-electron chi connectivity index (χ4n) is 1.40. The maximum Gasteiger partial charge on any atom is 0.107 e. The molecule has 2 heteroatoms. The molecule has 12 heavy (non-hydrogen) atoms. The van der Waals surface area contributed by atoms with Crippen LogP contribution in [0.5, 0.6) is 0 Å². The second-order valence-electron chi connectivity index (χ2n) is 3.11. The minimum Gasteiger partial charge on any atom is -0.146 e. The standard InChI is InChI=1S/C10H16NP/c1-3-5-9-6-8-12(7-4-2)10(9)11/h6,8H,3-5,7H2,1-2H3. The van der Waals surface area contributed by atoms with E-state index < -0.39 is 0 Å². The van der Waals surface area contributed by atoms with Gasteiger partial charge in [-0.05, 0) is 30.4 Å². The van der Waals surface area contributed by atoms with E-state index in [4.69, 9.17) is 0 Å². The molecule has 66 valence electrons. The van der Waals surface area contributed by atoms with Crippen molar-refractivity contribution in [3.63, 3.8) is 0 Å². The SMILES string of the molecule is CCCc1ccp(CCC)c1[N]. The highest BCUT2D eigenvalue weighted by Gasteiger charge is 2.06. The molecule has 0 aromatic carbocycles. The molecule has 1 aromatic heterocycles. The molecule has 0 bridgehead atoms. The van der Waals surface area contributed by atoms with Crippen LogP contribution in [-0.2, 0) is 12.6 Å². The van der Waals surface area contributed by atoms with E-state index in [-0.39, 0.29) is 7.53 Å². The second kappa shape index (κ2) is 4.57. The molecular weight excluding hydrogens is 165 g/mol. The molecule has 0 aliphatic heterocycles. The summed E-state index contributed by atoms with van der Waals surface area (Å²) in [4.78, 5) is 0. The molecule has 1 nitrogen and oxygen atoms in total. The predicted octanol–water partition coefficient (Wildman–Crippen LogP) is 3.74. The van der Waals surface area contributed by atoms with Crippen LogP contribution in [0.2, 0.25) is 0 Å². The van der Waals surface area contributed by atoms with Crippen LogP contribution < -0.4 is 5.73 Å². The van der Waals surface area contributed by atoms with E-state index in [2.05, 4.69) is 25.7 Å². The lowest BCUT2D eigenvalue weighted by molar-refractivity contribution is 0.925. The van der Waals surface area contributed by atoms with Crippen LogP contribution in [0.3, 0.4) is 0 Å². The lowest BCUT2D eigenvalue weighted by atomic mass is 10.2. The number of aryl methyl sites for hydroxylation is 2. The Balaban J connectivity index is 2.74. The Morgan fingerprint density at radius 2 is 2.08 bits per heavy atom. The zero-order chi connectivity index (χ0) is 8.97. The molecule has 0 aliphatic carbocycles. The van der Waals surface area contributed by atoms with E-state index in [0.29, 0.717) is 5.42 Å². The maximum atomic E-state index is 9.76. The van der Waals surface area contributed by atoms with E-state index in [1.165, 1.54) is 12.0 Å². The average molecular weight is 181 g/mol. The van der Waals surface area contributed by atoms with Gasteiger partial charge in [0.2, 0.25) is 0 Å². The van der Waals surface area contributed by atoms with Crippen molar-refractivity contribution >= 4 is 13.0 Å². The average Bonchev–Trinajstić information content (AvgIpc) is 2.38. The van der Waals surface area contributed by atoms with Gasteiger partial charge in [0.1, 0.15) is 5.42 Å². The van der Waals surface area contributed by atoms with Gasteiger partial charge in [-0.3, -0.25) is 0 Å². The lowest BCUT2D eigenvalue weighted by Crippen LogP contribution is -1.79. The highest BCUT2D eigenvalue weighted by molar-refractivity contribution is 7.52. The largest absolute Gasteiger partial charge is 0.146 e. The second-order valence-corrected chi connectivity index (χ2v) is 5.22. The van der Waals surface area contributed by atoms with E-state index in [0.717, 1.165) is 19.0 Å². The van der Waals surface area contributed by atoms with Crippen LogP contribution in [-0.4, -0.2) is 0 Å². The molecule has 0 spiro atoms. The third kappa shape index (κ3) is 2.04. The minimum absolute atomic E-state index is 0.303. The van der Waals surface area contributed by atoms with Crippen LogP contribution in [0, 0.1) is 0 Å². The normalized spacial score (nSPS) is 12.0. The molecule has 0 saturated heterocycles. The quantitative estimate of drug-likeness (QED) is 0.675. The zero-order valence-corrected chi connectivity index (χ0v) is 8.77. The summed E-state index contributed by atoms with van der Waals surface area (Å²) < 4.78 is 0. The highest BCUT2D eigenvalue weighted by Crippen LogP contribution is 2.42. The lowest BCUT2D eigenvalue weighted by Gasteiger charge is -1.97. The topological polar surface area (TPSA) is 22.3 Å². The van der Waals surface area contributed by atoms with Gasteiger partial charge >= 0.3 is 0 Å². The molecule has 0 amide bonds. The summed E-state index contributed by atoms with van der Waals surface area (Å²) >= 11 is 0. The van der Waals surface area contributed by atoms with Crippen LogP contribution in [0.4, 0.5) is 5.42 Å². The summed E-state index contributed by atoms with van der Waals surface area (Å²) in [6, 6.07) is 2.11. The molecule has 1 atom stereocenters. The van der Waals surface area contributed by atoms with Crippen LogP contribution >= 0.6 is 7.53 Å². The molecule has 1 heterocycles. The Hall–Kier alpha value is -0.420. The van der Waals surface area contributed by atoms with Crippen LogP contribution in [0.15, 0.2) is 11.9 Å². The summed E-state index contributed by atoms with van der Waals surface area (Å²) in [6.07, 6.45) is 4.47. The van der Waals surface area contributed by atoms with Crippen molar-refractivity contribution in [2.75, 3.05) is 0 Å². The van der Waals surface area contributed by atoms with Crippen molar-refractivity contribution < 1.29 is 0 Å². The van der Waals surface area contributed by atoms with E-state index in [1.54, 1.807) is 0 Å². The number of hydrogen-bond acceptors (Lipinski definition) is 0. The van der Waals surface area contributed by atoms with Gasteiger partial charge < -0.3 is 0 Å². The van der Waals surface area contributed by atoms with E-state index >= 15 is 0 Å². The third-order valence-corrected chi connectivity index (χ3v) is 4.27. The number of rotatable bonds is 4. The van der Waals surface area contributed by atoms with Crippen molar-refractivity contribution in [1.82, 2.24) is 5.73 Å². The zero-order valence-electron chi connectivity index (χ0n) is 7.88. The molecule has 0 aliphatic rings. The molecule has 0 N–H and O–H groups in total. The molecule has 2 radical (unpaired) electrons. The molecule has 1 aromatic rings. The van der Waals surface area contributed by atoms with Gasteiger partial charge in [0.05, 0.1) is 0 Å². The Kier molecular flexibility index (Phi) is 3.68. The van der Waals surface area contributed by atoms with E-state index in [9.17, 15) is 5.73 Å². The third-order valence-electron chi connectivity index (χ3n) is 2.00. The first-order chi connectivity index (χ1) is 5.79. The molecular formula is C10H16NP. The van der Waals surface area contributed by atoms with E-state index in [1.807, 2.05) is 0 Å². The summed E-state index contributed by atoms with van der Waals surface area (Å²) in [5, 5.41) is 0. The predicted molar refractivity (Wildman–Crippen MR) is 55.2 cm³/mol. The fourth-order valence-corrected chi connectivity index (χ4v) is 3.29. The molecule has 1 rings (SSSR count). The molecule has 0 saturated carbocycles. The van der Waals surface area contributed by atoms with Gasteiger partial charge in [0.15, 0.2) is 0 Å². The van der Waals surface area contributed by atoms with Crippen molar-refractivity contribution in [3.05, 3.63) is 17.4 Å². The minimum atomic E-state index is -0.303. The summed E-state index contributed by atoms with van der Waals surface area (Å²) in [6.45, 7) is 4.32. The van der Waals surface area contributed by atoms with Crippen molar-refractivity contribution in [3.8, 4) is 0 Å². The summed E-state index contributed by atoms with van der Waals surface area (Å²) in [7, 11) is -0.303. The van der Waals surface area contributed by atoms with Gasteiger partial charge in [-0.25, -0.2) is 0 Å². The van der Waals surface area contributed by atoms with Crippen molar-refractivity contribution in [2.24, 2.45) is 0 Å². The smallest absolute Gasteiger partial charge is 0.107 e. The van der Waals surface area contributed by atoms with Gasteiger partial charge in [-0.1, -0.05) is 33.9 Å². The first-order valence-corrected chi connectivity index (χ1v) is 6.26. The van der Waals surface area contributed by atoms with Crippen LogP contribution in [0.1, 0.15) is 32.3 Å². The summed E-state index contributed by atoms with van der Waals surface area (Å²) in [5.41, 5.74) is 11.6. The highest BCUT2D eigenvalue weighted by atomic mass is 31.1. The first-order valence-electron chi connectivity index (χ1n) is 4.66. The first kappa shape index (κ1) is 9.67. The summed E-state index contributed by atoms with van der Waals surface area (Å²) in [5.74, 6) is 2.19. The van der Waals surface area contributed by atoms with Gasteiger partial charge in [-0.15, -0.1) is 5.73 Å². The number of nitrogens with zero attached hydrogens (tertiary/aromatic N) is 1. The Bertz CT molecular complexity index is 216. The molecule has 0 fully saturated rings. The number of hydrogen-bond donors (Lipinski definition) is 0. The van der Waals surface area contributed by atoms with Gasteiger partial charge in [0.25, 0.3) is 0 Å². The van der Waals surface area contributed by atoms with Crippen LogP contribution in [0.25, 0.3) is 0 Å². The Morgan fingerprint density at radius 3 is 2.67 bits per heavy atom. The van der Waals surface area contributed by atoms with Crippen molar-refractivity contribution in [2.45, 2.75) is 39.3 Å².